The Kier molecular flexibility index (Phi) is 6.39. The molecule has 0 saturated heterocycles. The van der Waals surface area contributed by atoms with Crippen LogP contribution in [-0.4, -0.2) is 12.7 Å². The van der Waals surface area contributed by atoms with Crippen molar-refractivity contribution in [3.8, 4) is 0 Å². The number of halogens is 1. The third-order valence-electron chi connectivity index (χ3n) is 4.05. The summed E-state index contributed by atoms with van der Waals surface area (Å²) < 4.78 is 18.6. The van der Waals surface area contributed by atoms with Crippen LogP contribution in [-0.2, 0) is 11.3 Å². The van der Waals surface area contributed by atoms with Gasteiger partial charge < -0.3 is 10.1 Å². The normalized spacial score (nSPS) is 10.6. The van der Waals surface area contributed by atoms with Crippen molar-refractivity contribution in [1.82, 2.24) is 0 Å². The largest absolute Gasteiger partial charge is 0.450 e. The highest BCUT2D eigenvalue weighted by atomic mass is 19.1. The average molecular weight is 344 g/mol. The molecule has 2 rings (SSSR count). The Morgan fingerprint density at radius 2 is 2.00 bits per heavy atom. The zero-order valence-corrected chi connectivity index (χ0v) is 15.2. The third-order valence-corrected chi connectivity index (χ3v) is 4.05. The Balaban J connectivity index is 2.15. The van der Waals surface area contributed by atoms with Gasteiger partial charge in [-0.05, 0) is 60.7 Å². The second kappa shape index (κ2) is 8.51. The van der Waals surface area contributed by atoms with Gasteiger partial charge in [0.05, 0.1) is 6.61 Å². The number of anilines is 2. The molecular formula is C20H25FN2O2. The van der Waals surface area contributed by atoms with Crippen LogP contribution < -0.4 is 10.6 Å². The maximum absolute atomic E-state index is 13.6. The molecule has 2 aromatic carbocycles. The van der Waals surface area contributed by atoms with Gasteiger partial charge in [0.2, 0.25) is 0 Å². The molecule has 0 aliphatic carbocycles. The lowest BCUT2D eigenvalue weighted by Crippen LogP contribution is -2.15. The number of hydrogen-bond acceptors (Lipinski definition) is 3. The smallest absolute Gasteiger partial charge is 0.411 e. The molecular weight excluding hydrogens is 319 g/mol. The number of rotatable bonds is 6. The van der Waals surface area contributed by atoms with Gasteiger partial charge in [0.15, 0.2) is 0 Å². The third kappa shape index (κ3) is 4.95. The second-order valence-corrected chi connectivity index (χ2v) is 6.18. The molecule has 4 nitrogen and oxygen atoms in total. The van der Waals surface area contributed by atoms with E-state index in [0.717, 1.165) is 22.5 Å². The SMILES string of the molecule is CCOC(=O)Nc1ccc(NCc2cccc(F)c2C)cc1C(C)C. The molecule has 0 aliphatic rings. The van der Waals surface area contributed by atoms with E-state index in [2.05, 4.69) is 24.5 Å². The minimum atomic E-state index is -0.458. The maximum Gasteiger partial charge on any atom is 0.411 e. The van der Waals surface area contributed by atoms with Crippen LogP contribution in [0.15, 0.2) is 36.4 Å². The number of hydrogen-bond donors (Lipinski definition) is 2. The summed E-state index contributed by atoms with van der Waals surface area (Å²) in [5, 5.41) is 6.09. The van der Waals surface area contributed by atoms with Gasteiger partial charge in [-0.25, -0.2) is 9.18 Å². The molecule has 0 fully saturated rings. The van der Waals surface area contributed by atoms with Gasteiger partial charge in [0.1, 0.15) is 5.82 Å². The molecule has 25 heavy (non-hydrogen) atoms. The van der Waals surface area contributed by atoms with Crippen LogP contribution in [0.1, 0.15) is 43.4 Å². The predicted molar refractivity (Wildman–Crippen MR) is 99.6 cm³/mol. The lowest BCUT2D eigenvalue weighted by Gasteiger charge is -2.17. The maximum atomic E-state index is 13.6. The van der Waals surface area contributed by atoms with Crippen molar-refractivity contribution in [2.75, 3.05) is 17.2 Å². The zero-order valence-electron chi connectivity index (χ0n) is 15.2. The lowest BCUT2D eigenvalue weighted by atomic mass is 10.00. The minimum absolute atomic E-state index is 0.198. The first-order valence-corrected chi connectivity index (χ1v) is 8.48. The number of ether oxygens (including phenoxy) is 1. The van der Waals surface area contributed by atoms with Crippen LogP contribution in [0.25, 0.3) is 0 Å². The van der Waals surface area contributed by atoms with Gasteiger partial charge in [-0.15, -0.1) is 0 Å². The van der Waals surface area contributed by atoms with Crippen molar-refractivity contribution >= 4 is 17.5 Å². The first-order chi connectivity index (χ1) is 11.9. The quantitative estimate of drug-likeness (QED) is 0.734. The topological polar surface area (TPSA) is 50.4 Å². The molecule has 0 spiro atoms. The lowest BCUT2D eigenvalue weighted by molar-refractivity contribution is 0.168. The molecule has 0 aromatic heterocycles. The molecule has 2 N–H and O–H groups in total. The van der Waals surface area contributed by atoms with Crippen LogP contribution in [0.2, 0.25) is 0 Å². The molecule has 0 heterocycles. The number of carbonyl (C=O) groups is 1. The van der Waals surface area contributed by atoms with Crippen LogP contribution in [0.3, 0.4) is 0 Å². The Labute approximate surface area is 148 Å². The second-order valence-electron chi connectivity index (χ2n) is 6.18. The van der Waals surface area contributed by atoms with E-state index >= 15 is 0 Å². The molecule has 0 unspecified atom stereocenters. The van der Waals surface area contributed by atoms with E-state index in [4.69, 9.17) is 4.74 Å². The summed E-state index contributed by atoms with van der Waals surface area (Å²) in [4.78, 5) is 11.7. The fourth-order valence-corrected chi connectivity index (χ4v) is 2.58. The predicted octanol–water partition coefficient (Wildman–Crippen LogP) is 5.44. The van der Waals surface area contributed by atoms with Crippen LogP contribution >= 0.6 is 0 Å². The molecule has 1 amide bonds. The summed E-state index contributed by atoms with van der Waals surface area (Å²) in [5.74, 6) is 0.0331. The van der Waals surface area contributed by atoms with Gasteiger partial charge in [-0.1, -0.05) is 26.0 Å². The standard InChI is InChI=1S/C20H25FN2O2/c1-5-25-20(24)23-19-10-9-16(11-17(19)13(2)3)22-12-15-7-6-8-18(21)14(15)4/h6-11,13,22H,5,12H2,1-4H3,(H,23,24). The molecule has 0 atom stereocenters. The Morgan fingerprint density at radius 1 is 1.24 bits per heavy atom. The van der Waals surface area contributed by atoms with E-state index < -0.39 is 6.09 Å². The van der Waals surface area contributed by atoms with Crippen molar-refractivity contribution in [2.24, 2.45) is 0 Å². The van der Waals surface area contributed by atoms with Crippen LogP contribution in [0.5, 0.6) is 0 Å². The van der Waals surface area contributed by atoms with E-state index in [0.29, 0.717) is 18.7 Å². The van der Waals surface area contributed by atoms with Gasteiger partial charge >= 0.3 is 6.09 Å². The highest BCUT2D eigenvalue weighted by Gasteiger charge is 2.11. The van der Waals surface area contributed by atoms with Crippen molar-refractivity contribution in [1.29, 1.82) is 0 Å². The van der Waals surface area contributed by atoms with Crippen molar-refractivity contribution < 1.29 is 13.9 Å². The summed E-state index contributed by atoms with van der Waals surface area (Å²) in [6, 6.07) is 10.8. The van der Waals surface area contributed by atoms with E-state index in [1.54, 1.807) is 19.9 Å². The highest BCUT2D eigenvalue weighted by molar-refractivity contribution is 5.86. The molecule has 5 heteroatoms. The van der Waals surface area contributed by atoms with Gasteiger partial charge in [0, 0.05) is 17.9 Å². The van der Waals surface area contributed by atoms with E-state index in [-0.39, 0.29) is 11.7 Å². The van der Waals surface area contributed by atoms with E-state index in [1.807, 2.05) is 24.3 Å². The monoisotopic (exact) mass is 344 g/mol. The summed E-state index contributed by atoms with van der Waals surface area (Å²) in [6.07, 6.45) is -0.458. The van der Waals surface area contributed by atoms with E-state index in [9.17, 15) is 9.18 Å². The van der Waals surface area contributed by atoms with E-state index in [1.165, 1.54) is 6.07 Å². The van der Waals surface area contributed by atoms with Gasteiger partial charge in [-0.3, -0.25) is 5.32 Å². The summed E-state index contributed by atoms with van der Waals surface area (Å²) in [5.41, 5.74) is 4.23. The molecule has 134 valence electrons. The highest BCUT2D eigenvalue weighted by Crippen LogP contribution is 2.28. The summed E-state index contributed by atoms with van der Waals surface area (Å²) in [6.45, 7) is 8.53. The zero-order chi connectivity index (χ0) is 18.4. The first-order valence-electron chi connectivity index (χ1n) is 8.48. The fraction of sp³-hybridized carbons (Fsp3) is 0.350. The summed E-state index contributed by atoms with van der Waals surface area (Å²) in [7, 11) is 0. The molecule has 0 bridgehead atoms. The van der Waals surface area contributed by atoms with Crippen LogP contribution in [0, 0.1) is 12.7 Å². The first kappa shape index (κ1) is 18.8. The van der Waals surface area contributed by atoms with Gasteiger partial charge in [0.25, 0.3) is 0 Å². The number of carbonyl (C=O) groups excluding carboxylic acids is 1. The average Bonchev–Trinajstić information content (AvgIpc) is 2.57. The minimum Gasteiger partial charge on any atom is -0.450 e. The van der Waals surface area contributed by atoms with Crippen molar-refractivity contribution in [2.45, 2.75) is 40.2 Å². The Bertz CT molecular complexity index is 744. The van der Waals surface area contributed by atoms with Crippen LogP contribution in [0.4, 0.5) is 20.6 Å². The molecule has 2 aromatic rings. The molecule has 0 radical (unpaired) electrons. The fourth-order valence-electron chi connectivity index (χ4n) is 2.58. The number of nitrogens with one attached hydrogen (secondary N) is 2. The number of benzene rings is 2. The van der Waals surface area contributed by atoms with Crippen molar-refractivity contribution in [3.05, 3.63) is 58.9 Å². The summed E-state index contributed by atoms with van der Waals surface area (Å²) >= 11 is 0. The molecule has 0 saturated carbocycles. The van der Waals surface area contributed by atoms with Gasteiger partial charge in [-0.2, -0.15) is 0 Å². The van der Waals surface area contributed by atoms with Crippen molar-refractivity contribution in [3.63, 3.8) is 0 Å². The Morgan fingerprint density at radius 3 is 2.68 bits per heavy atom. The molecule has 0 aliphatic heterocycles. The Hall–Kier alpha value is -2.56. The number of amides is 1.